The first kappa shape index (κ1) is 19.1. The van der Waals surface area contributed by atoms with Gasteiger partial charge in [-0.2, -0.15) is 13.2 Å². The molecular weight excluding hydrogens is 407 g/mol. The zero-order valence-corrected chi connectivity index (χ0v) is 15.7. The number of hydrogen-bond acceptors (Lipinski definition) is 4. The van der Waals surface area contributed by atoms with Gasteiger partial charge in [0, 0.05) is 5.69 Å². The summed E-state index contributed by atoms with van der Waals surface area (Å²) in [6, 6.07) is 12.5. The summed E-state index contributed by atoms with van der Waals surface area (Å²) in [6.07, 6.45) is -3.32. The minimum atomic E-state index is -4.59. The van der Waals surface area contributed by atoms with Crippen molar-refractivity contribution < 1.29 is 22.6 Å². The van der Waals surface area contributed by atoms with Crippen molar-refractivity contribution in [3.63, 3.8) is 0 Å². The lowest BCUT2D eigenvalue weighted by molar-refractivity contribution is -0.137. The number of benzene rings is 2. The van der Waals surface area contributed by atoms with E-state index >= 15 is 0 Å². The van der Waals surface area contributed by atoms with Crippen molar-refractivity contribution in [3.05, 3.63) is 65.4 Å². The Morgan fingerprint density at radius 3 is 2.38 bits per heavy atom. The zero-order valence-electron chi connectivity index (χ0n) is 14.9. The van der Waals surface area contributed by atoms with E-state index < -0.39 is 16.8 Å². The summed E-state index contributed by atoms with van der Waals surface area (Å²) < 4.78 is 50.0. The fraction of sp³-hybridized carbons (Fsp3) is 0.100. The molecule has 2 aromatic carbocycles. The lowest BCUT2D eigenvalue weighted by Gasteiger charge is -2.11. The Morgan fingerprint density at radius 1 is 0.966 bits per heavy atom. The van der Waals surface area contributed by atoms with E-state index in [0.29, 0.717) is 11.0 Å². The molecule has 4 aromatic rings. The standard InChI is InChI=1S/C20H13ClF3N3O2/c1-28-12-4-2-11(3-5-12)17-9-14-18(27-17)25-10-26-19(14)29-13-6-7-16(21)15(8-13)20(22,23)24/h2-10H,1H3,(H,25,26,27). The Hall–Kier alpha value is -3.26. The molecule has 0 aliphatic heterocycles. The largest absolute Gasteiger partial charge is 0.497 e. The number of H-pyrrole nitrogens is 1. The third-order valence-electron chi connectivity index (χ3n) is 4.25. The second kappa shape index (κ2) is 7.29. The zero-order chi connectivity index (χ0) is 20.6. The van der Waals surface area contributed by atoms with Crippen LogP contribution in [0.5, 0.6) is 17.4 Å². The van der Waals surface area contributed by atoms with E-state index in [4.69, 9.17) is 21.1 Å². The maximum absolute atomic E-state index is 13.1. The first-order chi connectivity index (χ1) is 13.8. The van der Waals surface area contributed by atoms with Gasteiger partial charge in [0.1, 0.15) is 23.5 Å². The van der Waals surface area contributed by atoms with Gasteiger partial charge in [-0.1, -0.05) is 11.6 Å². The lowest BCUT2D eigenvalue weighted by Crippen LogP contribution is -2.06. The van der Waals surface area contributed by atoms with Crippen molar-refractivity contribution in [1.29, 1.82) is 0 Å². The highest BCUT2D eigenvalue weighted by atomic mass is 35.5. The van der Waals surface area contributed by atoms with Gasteiger partial charge in [0.05, 0.1) is 23.1 Å². The summed E-state index contributed by atoms with van der Waals surface area (Å²) in [5, 5.41) is 0.128. The van der Waals surface area contributed by atoms with Crippen LogP contribution in [0.15, 0.2) is 54.9 Å². The van der Waals surface area contributed by atoms with Crippen molar-refractivity contribution in [2.45, 2.75) is 6.18 Å². The van der Waals surface area contributed by atoms with Crippen LogP contribution in [-0.4, -0.2) is 22.1 Å². The number of ether oxygens (including phenoxy) is 2. The van der Waals surface area contributed by atoms with Crippen LogP contribution in [0, 0.1) is 0 Å². The number of fused-ring (bicyclic) bond motifs is 1. The number of halogens is 4. The van der Waals surface area contributed by atoms with Gasteiger partial charge in [0.15, 0.2) is 0 Å². The van der Waals surface area contributed by atoms with Gasteiger partial charge < -0.3 is 14.5 Å². The van der Waals surface area contributed by atoms with Crippen LogP contribution in [0.4, 0.5) is 13.2 Å². The molecular formula is C20H13ClF3N3O2. The third kappa shape index (κ3) is 3.84. The molecule has 4 rings (SSSR count). The van der Waals surface area contributed by atoms with Crippen LogP contribution in [0.25, 0.3) is 22.3 Å². The number of rotatable bonds is 4. The van der Waals surface area contributed by atoms with Gasteiger partial charge in [-0.25, -0.2) is 9.97 Å². The molecule has 0 spiro atoms. The average molecular weight is 420 g/mol. The Labute approximate surface area is 168 Å². The van der Waals surface area contributed by atoms with Crippen LogP contribution >= 0.6 is 11.6 Å². The summed E-state index contributed by atoms with van der Waals surface area (Å²) in [6.45, 7) is 0. The molecule has 2 aromatic heterocycles. The van der Waals surface area contributed by atoms with Gasteiger partial charge in [-0.15, -0.1) is 0 Å². The average Bonchev–Trinajstić information content (AvgIpc) is 3.14. The smallest absolute Gasteiger partial charge is 0.417 e. The number of aromatic nitrogens is 3. The third-order valence-corrected chi connectivity index (χ3v) is 4.58. The Morgan fingerprint density at radius 2 is 1.69 bits per heavy atom. The lowest BCUT2D eigenvalue weighted by atomic mass is 10.1. The minimum Gasteiger partial charge on any atom is -0.497 e. The van der Waals surface area contributed by atoms with Crippen LogP contribution in [-0.2, 0) is 6.18 Å². The molecule has 0 aliphatic carbocycles. The van der Waals surface area contributed by atoms with E-state index in [1.165, 1.54) is 12.4 Å². The van der Waals surface area contributed by atoms with Gasteiger partial charge in [0.2, 0.25) is 5.88 Å². The molecule has 0 unspecified atom stereocenters. The molecule has 0 saturated carbocycles. The number of nitrogens with one attached hydrogen (secondary N) is 1. The Balaban J connectivity index is 1.71. The van der Waals surface area contributed by atoms with Crippen molar-refractivity contribution in [1.82, 2.24) is 15.0 Å². The predicted molar refractivity (Wildman–Crippen MR) is 102 cm³/mol. The van der Waals surface area contributed by atoms with Gasteiger partial charge in [-0.3, -0.25) is 0 Å². The van der Waals surface area contributed by atoms with E-state index in [0.717, 1.165) is 29.1 Å². The highest BCUT2D eigenvalue weighted by Gasteiger charge is 2.33. The number of methoxy groups -OCH3 is 1. The Kier molecular flexibility index (Phi) is 4.79. The maximum Gasteiger partial charge on any atom is 0.417 e. The van der Waals surface area contributed by atoms with Crippen LogP contribution in [0.1, 0.15) is 5.56 Å². The first-order valence-corrected chi connectivity index (χ1v) is 8.75. The van der Waals surface area contributed by atoms with Crippen molar-refractivity contribution >= 4 is 22.6 Å². The molecule has 5 nitrogen and oxygen atoms in total. The summed E-state index contributed by atoms with van der Waals surface area (Å²) >= 11 is 5.66. The van der Waals surface area contributed by atoms with E-state index in [-0.39, 0.29) is 11.6 Å². The summed E-state index contributed by atoms with van der Waals surface area (Å²) in [4.78, 5) is 11.4. The summed E-state index contributed by atoms with van der Waals surface area (Å²) in [5.41, 5.74) is 1.14. The molecule has 1 N–H and O–H groups in total. The van der Waals surface area contributed by atoms with Crippen LogP contribution in [0.2, 0.25) is 5.02 Å². The van der Waals surface area contributed by atoms with E-state index in [1.807, 2.05) is 24.3 Å². The number of nitrogens with zero attached hydrogens (tertiary/aromatic N) is 2. The topological polar surface area (TPSA) is 60.0 Å². The fourth-order valence-electron chi connectivity index (χ4n) is 2.82. The highest BCUT2D eigenvalue weighted by molar-refractivity contribution is 6.31. The predicted octanol–water partition coefficient (Wildman–Crippen LogP) is 6.10. The van der Waals surface area contributed by atoms with Crippen molar-refractivity contribution in [2.24, 2.45) is 0 Å². The van der Waals surface area contributed by atoms with Gasteiger partial charge in [-0.05, 0) is 54.1 Å². The molecule has 0 saturated heterocycles. The van der Waals surface area contributed by atoms with Crippen molar-refractivity contribution in [2.75, 3.05) is 7.11 Å². The summed E-state index contributed by atoms with van der Waals surface area (Å²) in [5.74, 6) is 0.812. The highest BCUT2D eigenvalue weighted by Crippen LogP contribution is 2.38. The van der Waals surface area contributed by atoms with E-state index in [2.05, 4.69) is 15.0 Å². The summed E-state index contributed by atoms with van der Waals surface area (Å²) in [7, 11) is 1.58. The fourth-order valence-corrected chi connectivity index (χ4v) is 3.05. The van der Waals surface area contributed by atoms with E-state index in [9.17, 15) is 13.2 Å². The quantitative estimate of drug-likeness (QED) is 0.434. The van der Waals surface area contributed by atoms with Gasteiger partial charge >= 0.3 is 6.18 Å². The first-order valence-electron chi connectivity index (χ1n) is 8.38. The monoisotopic (exact) mass is 419 g/mol. The van der Waals surface area contributed by atoms with E-state index in [1.54, 1.807) is 13.2 Å². The molecule has 148 valence electrons. The van der Waals surface area contributed by atoms with Crippen molar-refractivity contribution in [3.8, 4) is 28.6 Å². The minimum absolute atomic E-state index is 0.0334. The molecule has 0 atom stereocenters. The maximum atomic E-state index is 13.1. The molecule has 9 heteroatoms. The molecule has 2 heterocycles. The van der Waals surface area contributed by atoms with Gasteiger partial charge in [0.25, 0.3) is 0 Å². The molecule has 0 aliphatic rings. The number of alkyl halides is 3. The number of hydrogen-bond donors (Lipinski definition) is 1. The Bertz CT molecular complexity index is 1170. The molecule has 0 radical (unpaired) electrons. The molecule has 29 heavy (non-hydrogen) atoms. The molecule has 0 amide bonds. The SMILES string of the molecule is COc1ccc(-c2cc3c(Oc4ccc(Cl)c(C(F)(F)F)c4)ncnc3[nH]2)cc1. The van der Waals surface area contributed by atoms with Crippen LogP contribution in [0.3, 0.4) is 0 Å². The molecule has 0 fully saturated rings. The van der Waals surface area contributed by atoms with Crippen LogP contribution < -0.4 is 9.47 Å². The second-order valence-corrected chi connectivity index (χ2v) is 6.50. The number of aromatic amines is 1. The normalized spacial score (nSPS) is 11.6. The molecule has 0 bridgehead atoms. The second-order valence-electron chi connectivity index (χ2n) is 6.09.